The number of halogens is 2. The van der Waals surface area contributed by atoms with Crippen molar-refractivity contribution in [2.45, 2.75) is 25.8 Å². The highest BCUT2D eigenvalue weighted by molar-refractivity contribution is 5.85. The van der Waals surface area contributed by atoms with Crippen LogP contribution in [0, 0.1) is 28.9 Å². The second-order valence-electron chi connectivity index (χ2n) is 4.64. The number of nitrogens with zero attached hydrogens (tertiary/aromatic N) is 1. The van der Waals surface area contributed by atoms with Gasteiger partial charge in [0.05, 0.1) is 12.5 Å². The SMILES string of the molecule is C[C@@H](CC#N)[C@@H](NC(=O)Cc1ccc(F)cc1F)C(=O)O. The number of nitriles is 1. The number of rotatable bonds is 6. The number of aliphatic carboxylic acids is 1. The molecule has 1 rings (SSSR count). The molecule has 0 unspecified atom stereocenters. The summed E-state index contributed by atoms with van der Waals surface area (Å²) in [6.07, 6.45) is -0.447. The highest BCUT2D eigenvalue weighted by atomic mass is 19.1. The fraction of sp³-hybridized carbons (Fsp3) is 0.357. The van der Waals surface area contributed by atoms with Crippen molar-refractivity contribution in [2.75, 3.05) is 0 Å². The van der Waals surface area contributed by atoms with Crippen molar-refractivity contribution in [3.63, 3.8) is 0 Å². The van der Waals surface area contributed by atoms with Crippen molar-refractivity contribution >= 4 is 11.9 Å². The highest BCUT2D eigenvalue weighted by Crippen LogP contribution is 2.12. The van der Waals surface area contributed by atoms with Crippen molar-refractivity contribution in [3.8, 4) is 6.07 Å². The normalized spacial score (nSPS) is 13.0. The Bertz CT molecular complexity index is 584. The lowest BCUT2D eigenvalue weighted by atomic mass is 9.98. The van der Waals surface area contributed by atoms with Crippen molar-refractivity contribution in [1.29, 1.82) is 5.26 Å². The molecule has 2 N–H and O–H groups in total. The third kappa shape index (κ3) is 4.84. The maximum Gasteiger partial charge on any atom is 0.326 e. The summed E-state index contributed by atoms with van der Waals surface area (Å²) in [5, 5.41) is 19.8. The summed E-state index contributed by atoms with van der Waals surface area (Å²) < 4.78 is 26.1. The minimum Gasteiger partial charge on any atom is -0.480 e. The molecule has 21 heavy (non-hydrogen) atoms. The van der Waals surface area contributed by atoms with Crippen LogP contribution in [0.5, 0.6) is 0 Å². The van der Waals surface area contributed by atoms with E-state index in [1.165, 1.54) is 6.92 Å². The molecule has 7 heteroatoms. The number of carbonyl (C=O) groups is 2. The molecule has 0 aliphatic rings. The lowest BCUT2D eigenvalue weighted by molar-refractivity contribution is -0.143. The van der Waals surface area contributed by atoms with Gasteiger partial charge in [-0.25, -0.2) is 13.6 Å². The predicted molar refractivity (Wildman–Crippen MR) is 69.0 cm³/mol. The van der Waals surface area contributed by atoms with Gasteiger partial charge in [-0.1, -0.05) is 13.0 Å². The molecule has 1 aromatic carbocycles. The van der Waals surface area contributed by atoms with E-state index < -0.39 is 41.9 Å². The Morgan fingerprint density at radius 2 is 2.10 bits per heavy atom. The third-order valence-corrected chi connectivity index (χ3v) is 2.93. The number of hydrogen-bond acceptors (Lipinski definition) is 3. The van der Waals surface area contributed by atoms with Crippen LogP contribution >= 0.6 is 0 Å². The van der Waals surface area contributed by atoms with Gasteiger partial charge in [0.2, 0.25) is 5.91 Å². The van der Waals surface area contributed by atoms with E-state index in [4.69, 9.17) is 10.4 Å². The molecule has 1 aromatic rings. The highest BCUT2D eigenvalue weighted by Gasteiger charge is 2.26. The van der Waals surface area contributed by atoms with Crippen LogP contribution in [-0.4, -0.2) is 23.0 Å². The summed E-state index contributed by atoms with van der Waals surface area (Å²) in [5.74, 6) is -4.21. The van der Waals surface area contributed by atoms with E-state index in [-0.39, 0.29) is 12.0 Å². The van der Waals surface area contributed by atoms with Crippen LogP contribution < -0.4 is 5.32 Å². The van der Waals surface area contributed by atoms with E-state index in [2.05, 4.69) is 5.32 Å². The van der Waals surface area contributed by atoms with Crippen LogP contribution in [0.15, 0.2) is 18.2 Å². The van der Waals surface area contributed by atoms with Gasteiger partial charge in [-0.2, -0.15) is 5.26 Å². The van der Waals surface area contributed by atoms with Gasteiger partial charge < -0.3 is 10.4 Å². The zero-order valence-electron chi connectivity index (χ0n) is 11.3. The molecule has 0 saturated carbocycles. The van der Waals surface area contributed by atoms with E-state index in [1.54, 1.807) is 0 Å². The van der Waals surface area contributed by atoms with E-state index in [0.29, 0.717) is 6.07 Å². The molecule has 0 saturated heterocycles. The Kier molecular flexibility index (Phi) is 5.79. The number of carbonyl (C=O) groups excluding carboxylic acids is 1. The summed E-state index contributed by atoms with van der Waals surface area (Å²) in [7, 11) is 0. The number of carboxylic acids is 1. The van der Waals surface area contributed by atoms with Gasteiger partial charge in [-0.15, -0.1) is 0 Å². The first-order valence-electron chi connectivity index (χ1n) is 6.18. The first-order chi connectivity index (χ1) is 9.85. The molecule has 0 aromatic heterocycles. The first kappa shape index (κ1) is 16.6. The second kappa shape index (κ2) is 7.33. The minimum atomic E-state index is -1.27. The number of hydrogen-bond donors (Lipinski definition) is 2. The van der Waals surface area contributed by atoms with Crippen molar-refractivity contribution in [3.05, 3.63) is 35.4 Å². The lowest BCUT2D eigenvalue weighted by Gasteiger charge is -2.19. The smallest absolute Gasteiger partial charge is 0.326 e. The summed E-state index contributed by atoms with van der Waals surface area (Å²) in [6, 6.07) is 3.37. The Morgan fingerprint density at radius 3 is 2.62 bits per heavy atom. The van der Waals surface area contributed by atoms with Crippen LogP contribution in [0.4, 0.5) is 8.78 Å². The van der Waals surface area contributed by atoms with E-state index in [1.807, 2.05) is 6.07 Å². The van der Waals surface area contributed by atoms with Gasteiger partial charge in [0.1, 0.15) is 17.7 Å². The summed E-state index contributed by atoms with van der Waals surface area (Å²) in [5.41, 5.74) is -0.0361. The Balaban J connectivity index is 2.74. The van der Waals surface area contributed by atoms with Crippen molar-refractivity contribution in [1.82, 2.24) is 5.32 Å². The van der Waals surface area contributed by atoms with Crippen LogP contribution in [0.3, 0.4) is 0 Å². The fourth-order valence-corrected chi connectivity index (χ4v) is 1.77. The zero-order valence-corrected chi connectivity index (χ0v) is 11.3. The molecule has 0 aliphatic carbocycles. The van der Waals surface area contributed by atoms with Crippen LogP contribution in [0.2, 0.25) is 0 Å². The molecular weight excluding hydrogens is 282 g/mol. The Hall–Kier alpha value is -2.49. The van der Waals surface area contributed by atoms with E-state index >= 15 is 0 Å². The molecular formula is C14H14F2N2O3. The number of benzene rings is 1. The van der Waals surface area contributed by atoms with Gasteiger partial charge in [0.15, 0.2) is 0 Å². The maximum atomic E-state index is 13.4. The Morgan fingerprint density at radius 1 is 1.43 bits per heavy atom. The molecule has 0 bridgehead atoms. The third-order valence-electron chi connectivity index (χ3n) is 2.93. The van der Waals surface area contributed by atoms with Crippen LogP contribution in [-0.2, 0) is 16.0 Å². The first-order valence-corrected chi connectivity index (χ1v) is 6.18. The van der Waals surface area contributed by atoms with Gasteiger partial charge in [-0.3, -0.25) is 4.79 Å². The summed E-state index contributed by atoms with van der Waals surface area (Å²) in [4.78, 5) is 22.8. The minimum absolute atomic E-state index is 0.0361. The molecule has 0 aliphatic heterocycles. The van der Waals surface area contributed by atoms with Crippen molar-refractivity contribution in [2.24, 2.45) is 5.92 Å². The molecule has 112 valence electrons. The molecule has 0 fully saturated rings. The zero-order chi connectivity index (χ0) is 16.0. The maximum absolute atomic E-state index is 13.4. The molecule has 5 nitrogen and oxygen atoms in total. The van der Waals surface area contributed by atoms with Crippen molar-refractivity contribution < 1.29 is 23.5 Å². The largest absolute Gasteiger partial charge is 0.480 e. The molecule has 0 heterocycles. The summed E-state index contributed by atoms with van der Waals surface area (Å²) >= 11 is 0. The van der Waals surface area contributed by atoms with Crippen LogP contribution in [0.25, 0.3) is 0 Å². The quantitative estimate of drug-likeness (QED) is 0.834. The van der Waals surface area contributed by atoms with Gasteiger partial charge in [0, 0.05) is 18.4 Å². The van der Waals surface area contributed by atoms with Gasteiger partial charge >= 0.3 is 5.97 Å². The topological polar surface area (TPSA) is 90.2 Å². The number of amides is 1. The molecule has 0 spiro atoms. The number of carboxylic acid groups (broad SMARTS) is 1. The lowest BCUT2D eigenvalue weighted by Crippen LogP contribution is -2.45. The number of nitrogens with one attached hydrogen (secondary N) is 1. The summed E-state index contributed by atoms with van der Waals surface area (Å²) in [6.45, 7) is 1.51. The predicted octanol–water partition coefficient (Wildman–Crippen LogP) is 1.63. The molecule has 2 atom stereocenters. The average molecular weight is 296 g/mol. The van der Waals surface area contributed by atoms with Crippen LogP contribution in [0.1, 0.15) is 18.9 Å². The second-order valence-corrected chi connectivity index (χ2v) is 4.64. The monoisotopic (exact) mass is 296 g/mol. The standard InChI is InChI=1S/C14H14F2N2O3/c1-8(4-5-17)13(14(20)21)18-12(19)6-9-2-3-10(15)7-11(9)16/h2-3,7-8,13H,4,6H2,1H3,(H,18,19)(H,20,21)/t8-,13+/m0/s1. The molecule has 1 amide bonds. The fourth-order valence-electron chi connectivity index (χ4n) is 1.77. The van der Waals surface area contributed by atoms with Gasteiger partial charge in [-0.05, 0) is 11.6 Å². The Labute approximate surface area is 120 Å². The molecule has 0 radical (unpaired) electrons. The van der Waals surface area contributed by atoms with E-state index in [9.17, 15) is 18.4 Å². The van der Waals surface area contributed by atoms with E-state index in [0.717, 1.165) is 12.1 Å². The van der Waals surface area contributed by atoms with Gasteiger partial charge in [0.25, 0.3) is 0 Å². The average Bonchev–Trinajstić information content (AvgIpc) is 2.39.